The van der Waals surface area contributed by atoms with Gasteiger partial charge >= 0.3 is 0 Å². The molecule has 0 radical (unpaired) electrons. The largest absolute Gasteiger partial charge is 0.494 e. The van der Waals surface area contributed by atoms with Gasteiger partial charge in [0.15, 0.2) is 0 Å². The maximum absolute atomic E-state index is 12.4. The molecule has 0 saturated heterocycles. The molecular weight excluding hydrogens is 460 g/mol. The van der Waals surface area contributed by atoms with Gasteiger partial charge in [0.1, 0.15) is 5.75 Å². The van der Waals surface area contributed by atoms with Crippen molar-refractivity contribution in [2.75, 3.05) is 25.6 Å². The van der Waals surface area contributed by atoms with Crippen LogP contribution in [0.15, 0.2) is 57.9 Å². The summed E-state index contributed by atoms with van der Waals surface area (Å²) in [5.41, 5.74) is 1.26. The van der Waals surface area contributed by atoms with E-state index in [1.807, 2.05) is 31.2 Å². The van der Waals surface area contributed by atoms with Crippen LogP contribution in [-0.2, 0) is 26.0 Å². The normalized spacial score (nSPS) is 12.3. The number of ether oxygens (including phenoxy) is 2. The first-order valence-corrected chi connectivity index (χ1v) is 12.3. The van der Waals surface area contributed by atoms with E-state index in [4.69, 9.17) is 14.0 Å². The fourth-order valence-electron chi connectivity index (χ4n) is 3.12. The second-order valence-corrected chi connectivity index (χ2v) is 9.23. The fraction of sp³-hybridized carbons (Fsp3) is 0.348. The number of aryl methyl sites for hydroxylation is 1. The van der Waals surface area contributed by atoms with Crippen molar-refractivity contribution in [2.24, 2.45) is 0 Å². The lowest BCUT2D eigenvalue weighted by Gasteiger charge is -2.13. The van der Waals surface area contributed by atoms with E-state index in [1.165, 1.54) is 31.4 Å². The van der Waals surface area contributed by atoms with Crippen LogP contribution >= 0.6 is 0 Å². The van der Waals surface area contributed by atoms with Crippen LogP contribution in [0.2, 0.25) is 0 Å². The van der Waals surface area contributed by atoms with Crippen LogP contribution in [0.4, 0.5) is 5.69 Å². The Morgan fingerprint density at radius 1 is 1.12 bits per heavy atom. The molecule has 1 atom stereocenters. The Balaban J connectivity index is 1.51. The number of benzene rings is 2. The van der Waals surface area contributed by atoms with Crippen molar-refractivity contribution >= 4 is 21.6 Å². The number of nitrogens with zero attached hydrogens (tertiary/aromatic N) is 2. The molecule has 0 aliphatic carbocycles. The van der Waals surface area contributed by atoms with Crippen LogP contribution in [0.5, 0.6) is 5.75 Å². The van der Waals surface area contributed by atoms with Crippen LogP contribution in [0.3, 0.4) is 0 Å². The van der Waals surface area contributed by atoms with Crippen molar-refractivity contribution in [3.63, 3.8) is 0 Å². The third-order valence-electron chi connectivity index (χ3n) is 4.68. The minimum Gasteiger partial charge on any atom is -0.494 e. The summed E-state index contributed by atoms with van der Waals surface area (Å²) in [5, 5.41) is 6.69. The number of rotatable bonds is 12. The summed E-state index contributed by atoms with van der Waals surface area (Å²) >= 11 is 0. The first kappa shape index (κ1) is 25.3. The van der Waals surface area contributed by atoms with Crippen LogP contribution < -0.4 is 14.8 Å². The second-order valence-electron chi connectivity index (χ2n) is 7.52. The fourth-order valence-corrected chi connectivity index (χ4v) is 4.35. The molecule has 0 aliphatic rings. The van der Waals surface area contributed by atoms with Crippen molar-refractivity contribution < 1.29 is 27.2 Å². The molecule has 2 N–H and O–H groups in total. The highest BCUT2D eigenvalue weighted by Gasteiger charge is 2.17. The van der Waals surface area contributed by atoms with Crippen molar-refractivity contribution in [3.8, 4) is 17.1 Å². The lowest BCUT2D eigenvalue weighted by Crippen LogP contribution is -2.35. The number of anilines is 1. The topological polar surface area (TPSA) is 133 Å². The Morgan fingerprint density at radius 3 is 2.47 bits per heavy atom. The lowest BCUT2D eigenvalue weighted by atomic mass is 10.2. The molecule has 1 aromatic heterocycles. The summed E-state index contributed by atoms with van der Waals surface area (Å²) in [6, 6.07) is 12.9. The Kier molecular flexibility index (Phi) is 8.74. The van der Waals surface area contributed by atoms with E-state index in [0.29, 0.717) is 24.0 Å². The van der Waals surface area contributed by atoms with E-state index in [2.05, 4.69) is 20.2 Å². The number of methoxy groups -OCH3 is 1. The van der Waals surface area contributed by atoms with Gasteiger partial charge < -0.3 is 19.3 Å². The minimum absolute atomic E-state index is 0.0983. The van der Waals surface area contributed by atoms with Crippen LogP contribution in [0.25, 0.3) is 11.4 Å². The van der Waals surface area contributed by atoms with Crippen molar-refractivity contribution in [1.82, 2.24) is 14.9 Å². The van der Waals surface area contributed by atoms with Crippen LogP contribution in [0.1, 0.15) is 26.2 Å². The van der Waals surface area contributed by atoms with Gasteiger partial charge in [0.05, 0.1) is 18.1 Å². The number of amides is 1. The van der Waals surface area contributed by atoms with Crippen LogP contribution in [0, 0.1) is 0 Å². The predicted octanol–water partition coefficient (Wildman–Crippen LogP) is 3.02. The SMILES string of the molecule is CCOc1ccc(-c2noc(CCC(=O)Nc3ccc(S(=O)(=O)NC(C)COC)cc3)n2)cc1. The molecule has 182 valence electrons. The van der Waals surface area contributed by atoms with E-state index in [1.54, 1.807) is 6.92 Å². The van der Waals surface area contributed by atoms with Gasteiger partial charge in [-0.2, -0.15) is 4.98 Å². The van der Waals surface area contributed by atoms with Gasteiger partial charge in [-0.1, -0.05) is 5.16 Å². The summed E-state index contributed by atoms with van der Waals surface area (Å²) < 4.78 is 42.9. The average molecular weight is 489 g/mol. The van der Waals surface area contributed by atoms with Gasteiger partial charge in [0.25, 0.3) is 0 Å². The summed E-state index contributed by atoms with van der Waals surface area (Å²) in [4.78, 5) is 16.7. The number of carbonyl (C=O) groups is 1. The lowest BCUT2D eigenvalue weighted by molar-refractivity contribution is -0.116. The van der Waals surface area contributed by atoms with E-state index < -0.39 is 10.0 Å². The third-order valence-corrected chi connectivity index (χ3v) is 6.28. The van der Waals surface area contributed by atoms with Gasteiger partial charge in [-0.3, -0.25) is 4.79 Å². The Hall–Kier alpha value is -3.28. The maximum Gasteiger partial charge on any atom is 0.240 e. The number of aromatic nitrogens is 2. The molecule has 34 heavy (non-hydrogen) atoms. The second kappa shape index (κ2) is 11.7. The number of hydrogen-bond donors (Lipinski definition) is 2. The van der Waals surface area contributed by atoms with Gasteiger partial charge in [-0.15, -0.1) is 0 Å². The highest BCUT2D eigenvalue weighted by molar-refractivity contribution is 7.89. The molecule has 11 heteroatoms. The molecule has 2 aromatic carbocycles. The summed E-state index contributed by atoms with van der Waals surface area (Å²) in [5.74, 6) is 1.28. The van der Waals surface area contributed by atoms with E-state index >= 15 is 0 Å². The molecule has 1 unspecified atom stereocenters. The van der Waals surface area contributed by atoms with Gasteiger partial charge in [-0.25, -0.2) is 13.1 Å². The molecule has 3 rings (SSSR count). The molecule has 1 amide bonds. The smallest absolute Gasteiger partial charge is 0.240 e. The van der Waals surface area contributed by atoms with Crippen molar-refractivity contribution in [3.05, 3.63) is 54.4 Å². The molecule has 10 nitrogen and oxygen atoms in total. The van der Waals surface area contributed by atoms with E-state index in [0.717, 1.165) is 11.3 Å². The Morgan fingerprint density at radius 2 is 1.82 bits per heavy atom. The predicted molar refractivity (Wildman–Crippen MR) is 126 cm³/mol. The average Bonchev–Trinajstić information content (AvgIpc) is 3.28. The molecule has 0 fully saturated rings. The monoisotopic (exact) mass is 488 g/mol. The first-order valence-electron chi connectivity index (χ1n) is 10.8. The number of nitrogens with one attached hydrogen (secondary N) is 2. The molecule has 3 aromatic rings. The highest BCUT2D eigenvalue weighted by Crippen LogP contribution is 2.20. The van der Waals surface area contributed by atoms with Crippen molar-refractivity contribution in [2.45, 2.75) is 37.6 Å². The van der Waals surface area contributed by atoms with Gasteiger partial charge in [-0.05, 0) is 62.4 Å². The zero-order chi connectivity index (χ0) is 24.6. The summed E-state index contributed by atoms with van der Waals surface area (Å²) in [6.45, 7) is 4.47. The summed E-state index contributed by atoms with van der Waals surface area (Å²) in [6.07, 6.45) is 0.394. The third kappa shape index (κ3) is 7.11. The molecule has 0 aliphatic heterocycles. The van der Waals surface area contributed by atoms with Crippen molar-refractivity contribution in [1.29, 1.82) is 0 Å². The van der Waals surface area contributed by atoms with E-state index in [9.17, 15) is 13.2 Å². The quantitative estimate of drug-likeness (QED) is 0.398. The standard InChI is InChI=1S/C23H28N4O6S/c1-4-32-19-9-5-17(6-10-19)23-25-22(33-26-23)14-13-21(28)24-18-7-11-20(12-8-18)34(29,30)27-16(2)15-31-3/h5-12,16,27H,4,13-15H2,1-3H3,(H,24,28). The number of hydrogen-bond acceptors (Lipinski definition) is 8. The highest BCUT2D eigenvalue weighted by atomic mass is 32.2. The number of carbonyl (C=O) groups excluding carboxylic acids is 1. The van der Waals surface area contributed by atoms with E-state index in [-0.39, 0.29) is 36.3 Å². The zero-order valence-corrected chi connectivity index (χ0v) is 20.1. The molecule has 0 saturated carbocycles. The van der Waals surface area contributed by atoms with Gasteiger partial charge in [0, 0.05) is 37.2 Å². The molecule has 0 spiro atoms. The first-order chi connectivity index (χ1) is 16.3. The maximum atomic E-state index is 12.4. The summed E-state index contributed by atoms with van der Waals surface area (Å²) in [7, 11) is -2.18. The molecular formula is C23H28N4O6S. The zero-order valence-electron chi connectivity index (χ0n) is 19.3. The minimum atomic E-state index is -3.68. The molecule has 0 bridgehead atoms. The molecule has 1 heterocycles. The van der Waals surface area contributed by atoms with Gasteiger partial charge in [0.2, 0.25) is 27.6 Å². The van der Waals surface area contributed by atoms with Crippen LogP contribution in [-0.4, -0.2) is 50.8 Å². The Bertz CT molecular complexity index is 1180. The Labute approximate surface area is 198 Å². The number of sulfonamides is 1.